The predicted molar refractivity (Wildman–Crippen MR) is 137 cm³/mol. The Morgan fingerprint density at radius 2 is 1.35 bits per heavy atom. The first-order valence-electron chi connectivity index (χ1n) is 12.1. The Hall–Kier alpha value is -2.60. The summed E-state index contributed by atoms with van der Waals surface area (Å²) in [6.45, 7) is 10.9. The first kappa shape index (κ1) is 21.6. The van der Waals surface area contributed by atoms with Gasteiger partial charge >= 0.3 is 0 Å². The van der Waals surface area contributed by atoms with Gasteiger partial charge in [-0.25, -0.2) is 0 Å². The summed E-state index contributed by atoms with van der Waals surface area (Å²) >= 11 is 0. The molecule has 0 heterocycles. The molecule has 0 spiro atoms. The third-order valence-electron chi connectivity index (χ3n) is 7.19. The normalized spacial score (nSPS) is 16.7. The molecule has 0 fully saturated rings. The molecule has 1 unspecified atom stereocenters. The standard InChI is InChI=1S/C31H36/c1-5-7-8-9-10-11-20-31(4)29-21-24(6-2)14-18-27(29)28-19-17-26(22-30(28)31)25-15-12-23(3)13-16-25/h6,12-19,21-22H,2,5,7-11,20H2,1,3-4H3. The minimum atomic E-state index is 0.0646. The van der Waals surface area contributed by atoms with E-state index in [0.29, 0.717) is 0 Å². The molecule has 1 aliphatic rings. The van der Waals surface area contributed by atoms with Crippen LogP contribution in [0.25, 0.3) is 28.3 Å². The Morgan fingerprint density at radius 1 is 0.742 bits per heavy atom. The maximum absolute atomic E-state index is 4.02. The Morgan fingerprint density at radius 3 is 2.06 bits per heavy atom. The first-order valence-corrected chi connectivity index (χ1v) is 12.1. The molecular formula is C31H36. The Kier molecular flexibility index (Phi) is 6.46. The van der Waals surface area contributed by atoms with Crippen LogP contribution < -0.4 is 0 Å². The smallest absolute Gasteiger partial charge is 0.0187 e. The Labute approximate surface area is 189 Å². The Balaban J connectivity index is 1.70. The fraction of sp³-hybridized carbons (Fsp3) is 0.355. The molecule has 3 aromatic carbocycles. The molecule has 3 aromatic rings. The van der Waals surface area contributed by atoms with Crippen LogP contribution in [-0.4, -0.2) is 0 Å². The van der Waals surface area contributed by atoms with Gasteiger partial charge < -0.3 is 0 Å². The summed E-state index contributed by atoms with van der Waals surface area (Å²) in [4.78, 5) is 0. The number of hydrogen-bond donors (Lipinski definition) is 0. The molecule has 160 valence electrons. The summed E-state index contributed by atoms with van der Waals surface area (Å²) in [5.74, 6) is 0. The van der Waals surface area contributed by atoms with Crippen LogP contribution in [-0.2, 0) is 5.41 Å². The van der Waals surface area contributed by atoms with Crippen LogP contribution >= 0.6 is 0 Å². The van der Waals surface area contributed by atoms with E-state index in [2.05, 4.69) is 88.0 Å². The molecule has 0 saturated heterocycles. The van der Waals surface area contributed by atoms with Crippen molar-refractivity contribution in [3.63, 3.8) is 0 Å². The number of unbranched alkanes of at least 4 members (excludes halogenated alkanes) is 5. The van der Waals surface area contributed by atoms with Crippen LogP contribution in [0.15, 0.2) is 67.2 Å². The van der Waals surface area contributed by atoms with Gasteiger partial charge in [0, 0.05) is 5.41 Å². The lowest BCUT2D eigenvalue weighted by molar-refractivity contribution is 0.481. The number of aryl methyl sites for hydroxylation is 1. The average molecular weight is 409 g/mol. The van der Waals surface area contributed by atoms with Gasteiger partial charge in [-0.15, -0.1) is 0 Å². The molecule has 1 atom stereocenters. The van der Waals surface area contributed by atoms with Crippen molar-refractivity contribution in [1.82, 2.24) is 0 Å². The van der Waals surface area contributed by atoms with E-state index in [-0.39, 0.29) is 5.41 Å². The molecule has 0 radical (unpaired) electrons. The number of fused-ring (bicyclic) bond motifs is 3. The summed E-state index contributed by atoms with van der Waals surface area (Å²) in [7, 11) is 0. The van der Waals surface area contributed by atoms with Gasteiger partial charge in [-0.2, -0.15) is 0 Å². The number of hydrogen-bond acceptors (Lipinski definition) is 0. The molecule has 0 aliphatic heterocycles. The molecule has 0 heteroatoms. The minimum absolute atomic E-state index is 0.0646. The number of rotatable bonds is 9. The van der Waals surface area contributed by atoms with E-state index in [1.165, 1.54) is 89.5 Å². The van der Waals surface area contributed by atoms with Crippen molar-refractivity contribution in [2.75, 3.05) is 0 Å². The first-order chi connectivity index (χ1) is 15.1. The fourth-order valence-corrected chi connectivity index (χ4v) is 5.21. The highest BCUT2D eigenvalue weighted by Crippen LogP contribution is 2.52. The van der Waals surface area contributed by atoms with Crippen molar-refractivity contribution >= 4 is 6.08 Å². The van der Waals surface area contributed by atoms with Crippen molar-refractivity contribution in [1.29, 1.82) is 0 Å². The predicted octanol–water partition coefficient (Wildman–Crippen LogP) is 9.34. The van der Waals surface area contributed by atoms with Crippen molar-refractivity contribution in [2.24, 2.45) is 0 Å². The third-order valence-corrected chi connectivity index (χ3v) is 7.19. The molecule has 0 amide bonds. The summed E-state index contributed by atoms with van der Waals surface area (Å²) in [6.07, 6.45) is 11.2. The highest BCUT2D eigenvalue weighted by molar-refractivity contribution is 5.84. The molecule has 0 aromatic heterocycles. The molecule has 1 aliphatic carbocycles. The number of benzene rings is 3. The largest absolute Gasteiger partial charge is 0.0985 e. The van der Waals surface area contributed by atoms with Crippen LogP contribution in [0.1, 0.15) is 81.0 Å². The van der Waals surface area contributed by atoms with Gasteiger partial charge in [0.2, 0.25) is 0 Å². The molecule has 0 nitrogen and oxygen atoms in total. The molecule has 31 heavy (non-hydrogen) atoms. The molecule has 0 N–H and O–H groups in total. The quantitative estimate of drug-likeness (QED) is 0.309. The summed E-state index contributed by atoms with van der Waals surface area (Å²) < 4.78 is 0. The third kappa shape index (κ3) is 4.26. The lowest BCUT2D eigenvalue weighted by Crippen LogP contribution is -2.21. The summed E-state index contributed by atoms with van der Waals surface area (Å²) in [6, 6.07) is 22.9. The van der Waals surface area contributed by atoms with Gasteiger partial charge in [-0.1, -0.05) is 125 Å². The van der Waals surface area contributed by atoms with Crippen molar-refractivity contribution in [3.8, 4) is 22.3 Å². The van der Waals surface area contributed by atoms with Crippen LogP contribution in [0.4, 0.5) is 0 Å². The summed E-state index contributed by atoms with van der Waals surface area (Å²) in [5.41, 5.74) is 11.0. The fourth-order valence-electron chi connectivity index (χ4n) is 5.21. The van der Waals surface area contributed by atoms with Crippen molar-refractivity contribution in [2.45, 2.75) is 71.1 Å². The van der Waals surface area contributed by atoms with Gasteiger partial charge in [-0.3, -0.25) is 0 Å². The average Bonchev–Trinajstić information content (AvgIpc) is 3.04. The van der Waals surface area contributed by atoms with Crippen molar-refractivity contribution < 1.29 is 0 Å². The van der Waals surface area contributed by atoms with E-state index >= 15 is 0 Å². The van der Waals surface area contributed by atoms with E-state index < -0.39 is 0 Å². The highest BCUT2D eigenvalue weighted by atomic mass is 14.4. The maximum Gasteiger partial charge on any atom is 0.0187 e. The zero-order chi connectivity index (χ0) is 21.8. The van der Waals surface area contributed by atoms with Crippen LogP contribution in [0, 0.1) is 6.92 Å². The second kappa shape index (κ2) is 9.27. The second-order valence-electron chi connectivity index (χ2n) is 9.49. The van der Waals surface area contributed by atoms with E-state index in [9.17, 15) is 0 Å². The van der Waals surface area contributed by atoms with E-state index in [1.807, 2.05) is 6.08 Å². The van der Waals surface area contributed by atoms with Crippen molar-refractivity contribution in [3.05, 3.63) is 89.5 Å². The van der Waals surface area contributed by atoms with Crippen LogP contribution in [0.5, 0.6) is 0 Å². The van der Waals surface area contributed by atoms with E-state index in [0.717, 1.165) is 0 Å². The van der Waals surface area contributed by atoms with Gasteiger partial charge in [-0.05, 0) is 58.4 Å². The topological polar surface area (TPSA) is 0 Å². The summed E-state index contributed by atoms with van der Waals surface area (Å²) in [5, 5.41) is 0. The highest BCUT2D eigenvalue weighted by Gasteiger charge is 2.39. The maximum atomic E-state index is 4.02. The second-order valence-corrected chi connectivity index (χ2v) is 9.49. The van der Waals surface area contributed by atoms with Gasteiger partial charge in [0.15, 0.2) is 0 Å². The zero-order valence-electron chi connectivity index (χ0n) is 19.5. The monoisotopic (exact) mass is 408 g/mol. The molecular weight excluding hydrogens is 372 g/mol. The van der Waals surface area contributed by atoms with Crippen LogP contribution in [0.3, 0.4) is 0 Å². The minimum Gasteiger partial charge on any atom is -0.0985 e. The van der Waals surface area contributed by atoms with E-state index in [4.69, 9.17) is 0 Å². The zero-order valence-corrected chi connectivity index (χ0v) is 19.5. The molecule has 4 rings (SSSR count). The van der Waals surface area contributed by atoms with Gasteiger partial charge in [0.25, 0.3) is 0 Å². The SMILES string of the molecule is C=Cc1ccc2c(c1)C(C)(CCCCCCCC)c1cc(-c3ccc(C)cc3)ccc1-2. The van der Waals surface area contributed by atoms with Gasteiger partial charge in [0.1, 0.15) is 0 Å². The van der Waals surface area contributed by atoms with E-state index in [1.54, 1.807) is 0 Å². The molecule has 0 saturated carbocycles. The Bertz CT molecular complexity index is 1050. The lowest BCUT2D eigenvalue weighted by atomic mass is 9.75. The van der Waals surface area contributed by atoms with Crippen LogP contribution in [0.2, 0.25) is 0 Å². The lowest BCUT2D eigenvalue weighted by Gasteiger charge is -2.28. The molecule has 0 bridgehead atoms. The van der Waals surface area contributed by atoms with Gasteiger partial charge in [0.05, 0.1) is 0 Å².